The Morgan fingerprint density at radius 3 is 2.68 bits per heavy atom. The highest BCUT2D eigenvalue weighted by molar-refractivity contribution is 9.10. The molecular weight excluding hydrogens is 345 g/mol. The topological polar surface area (TPSA) is 26.3 Å². The summed E-state index contributed by atoms with van der Waals surface area (Å²) in [5.74, 6) is -0.358. The first-order chi connectivity index (χ1) is 8.83. The van der Waals surface area contributed by atoms with E-state index in [0.717, 1.165) is 0 Å². The van der Waals surface area contributed by atoms with E-state index in [9.17, 15) is 18.0 Å². The average Bonchev–Trinajstić information content (AvgIpc) is 2.29. The quantitative estimate of drug-likeness (QED) is 0.571. The third-order valence-electron chi connectivity index (χ3n) is 2.17. The SMILES string of the molecule is CCOC(=O)CCc1cccc(SC(F)(F)F)c1Br. The second-order valence-electron chi connectivity index (χ2n) is 3.58. The van der Waals surface area contributed by atoms with Gasteiger partial charge in [-0.2, -0.15) is 13.2 Å². The zero-order valence-corrected chi connectivity index (χ0v) is 12.5. The van der Waals surface area contributed by atoms with Crippen molar-refractivity contribution in [2.75, 3.05) is 6.61 Å². The van der Waals surface area contributed by atoms with Gasteiger partial charge in [-0.25, -0.2) is 0 Å². The number of thioether (sulfide) groups is 1. The van der Waals surface area contributed by atoms with Crippen LogP contribution in [0.4, 0.5) is 13.2 Å². The Kier molecular flexibility index (Phi) is 6.19. The number of halogens is 4. The fourth-order valence-electron chi connectivity index (χ4n) is 1.42. The van der Waals surface area contributed by atoms with Crippen molar-refractivity contribution >= 4 is 33.7 Å². The third-order valence-corrected chi connectivity index (χ3v) is 4.16. The van der Waals surface area contributed by atoms with E-state index in [0.29, 0.717) is 23.1 Å². The third kappa shape index (κ3) is 5.86. The summed E-state index contributed by atoms with van der Waals surface area (Å²) in [6.07, 6.45) is 0.484. The molecule has 0 amide bonds. The lowest BCUT2D eigenvalue weighted by Crippen LogP contribution is -2.06. The van der Waals surface area contributed by atoms with Crippen molar-refractivity contribution < 1.29 is 22.7 Å². The maximum absolute atomic E-state index is 12.3. The fraction of sp³-hybridized carbons (Fsp3) is 0.417. The molecule has 0 atom stereocenters. The summed E-state index contributed by atoms with van der Waals surface area (Å²) in [7, 11) is 0. The molecule has 0 radical (unpaired) electrons. The number of alkyl halides is 3. The molecule has 106 valence electrons. The van der Waals surface area contributed by atoms with E-state index in [1.165, 1.54) is 6.07 Å². The van der Waals surface area contributed by atoms with E-state index in [4.69, 9.17) is 4.74 Å². The Labute approximate surface area is 121 Å². The Hall–Kier alpha value is -0.690. The molecule has 0 aliphatic carbocycles. The van der Waals surface area contributed by atoms with Gasteiger partial charge in [0.1, 0.15) is 0 Å². The predicted molar refractivity (Wildman–Crippen MR) is 71.0 cm³/mol. The number of hydrogen-bond acceptors (Lipinski definition) is 3. The minimum Gasteiger partial charge on any atom is -0.466 e. The maximum Gasteiger partial charge on any atom is 0.446 e. The standard InChI is InChI=1S/C12H12BrF3O2S/c1-2-18-10(17)7-6-8-4-3-5-9(11(8)13)19-12(14,15)16/h3-5H,2,6-7H2,1H3. The first-order valence-electron chi connectivity index (χ1n) is 5.52. The van der Waals surface area contributed by atoms with Gasteiger partial charge in [-0.15, -0.1) is 0 Å². The Bertz CT molecular complexity index is 449. The predicted octanol–water partition coefficient (Wildman–Crippen LogP) is 4.56. The number of esters is 1. The number of carbonyl (C=O) groups is 1. The zero-order chi connectivity index (χ0) is 14.5. The van der Waals surface area contributed by atoms with Gasteiger partial charge in [-0.3, -0.25) is 4.79 Å². The summed E-state index contributed by atoms with van der Waals surface area (Å²) < 4.78 is 42.2. The molecule has 0 spiro atoms. The molecule has 0 bridgehead atoms. The number of hydrogen-bond donors (Lipinski definition) is 0. The van der Waals surface area contributed by atoms with Crippen molar-refractivity contribution in [3.8, 4) is 0 Å². The molecule has 0 saturated heterocycles. The van der Waals surface area contributed by atoms with Crippen LogP contribution in [-0.2, 0) is 16.0 Å². The maximum atomic E-state index is 12.3. The van der Waals surface area contributed by atoms with Crippen molar-refractivity contribution in [3.63, 3.8) is 0 Å². The molecule has 0 fully saturated rings. The molecule has 0 heterocycles. The van der Waals surface area contributed by atoms with Crippen molar-refractivity contribution in [1.29, 1.82) is 0 Å². The lowest BCUT2D eigenvalue weighted by molar-refractivity contribution is -0.143. The first-order valence-corrected chi connectivity index (χ1v) is 7.13. The van der Waals surface area contributed by atoms with Gasteiger partial charge in [0.25, 0.3) is 0 Å². The summed E-state index contributed by atoms with van der Waals surface area (Å²) in [6, 6.07) is 4.61. The fourth-order valence-corrected chi connectivity index (χ4v) is 2.74. The van der Waals surface area contributed by atoms with Crippen LogP contribution in [-0.4, -0.2) is 18.1 Å². The summed E-state index contributed by atoms with van der Waals surface area (Å²) in [5, 5.41) is 0. The van der Waals surface area contributed by atoms with E-state index < -0.39 is 5.51 Å². The van der Waals surface area contributed by atoms with E-state index in [2.05, 4.69) is 15.9 Å². The monoisotopic (exact) mass is 356 g/mol. The largest absolute Gasteiger partial charge is 0.466 e. The van der Waals surface area contributed by atoms with E-state index in [-0.39, 0.29) is 29.0 Å². The number of ether oxygens (including phenoxy) is 1. The zero-order valence-electron chi connectivity index (χ0n) is 10.1. The second-order valence-corrected chi connectivity index (χ2v) is 5.48. The molecule has 2 nitrogen and oxygen atoms in total. The van der Waals surface area contributed by atoms with Crippen LogP contribution in [0.3, 0.4) is 0 Å². The van der Waals surface area contributed by atoms with Crippen molar-refractivity contribution in [2.24, 2.45) is 0 Å². The Morgan fingerprint density at radius 1 is 1.42 bits per heavy atom. The lowest BCUT2D eigenvalue weighted by Gasteiger charge is -2.11. The number of rotatable bonds is 5. The molecule has 0 aromatic heterocycles. The van der Waals surface area contributed by atoms with Gasteiger partial charge in [0, 0.05) is 15.8 Å². The molecular formula is C12H12BrF3O2S. The highest BCUT2D eigenvalue weighted by atomic mass is 79.9. The highest BCUT2D eigenvalue weighted by Crippen LogP contribution is 2.41. The van der Waals surface area contributed by atoms with Crippen LogP contribution in [0.15, 0.2) is 27.6 Å². The highest BCUT2D eigenvalue weighted by Gasteiger charge is 2.30. The molecule has 19 heavy (non-hydrogen) atoms. The average molecular weight is 357 g/mol. The first kappa shape index (κ1) is 16.4. The summed E-state index contributed by atoms with van der Waals surface area (Å²) in [5.41, 5.74) is -3.68. The Balaban J connectivity index is 2.75. The summed E-state index contributed by atoms with van der Waals surface area (Å²) in [6.45, 7) is 2.00. The molecule has 0 saturated carbocycles. The molecule has 1 aromatic carbocycles. The molecule has 1 rings (SSSR count). The number of benzene rings is 1. The number of aryl methyl sites for hydroxylation is 1. The minimum absolute atomic E-state index is 0.0915. The van der Waals surface area contributed by atoms with Gasteiger partial charge in [-0.05, 0) is 52.7 Å². The normalized spacial score (nSPS) is 11.4. The van der Waals surface area contributed by atoms with Crippen molar-refractivity contribution in [1.82, 2.24) is 0 Å². The van der Waals surface area contributed by atoms with Crippen LogP contribution in [0.25, 0.3) is 0 Å². The van der Waals surface area contributed by atoms with Gasteiger partial charge in [-0.1, -0.05) is 12.1 Å². The van der Waals surface area contributed by atoms with Crippen LogP contribution >= 0.6 is 27.7 Å². The van der Waals surface area contributed by atoms with Crippen LogP contribution in [0, 0.1) is 0 Å². The molecule has 0 unspecified atom stereocenters. The van der Waals surface area contributed by atoms with Gasteiger partial charge in [0.2, 0.25) is 0 Å². The van der Waals surface area contributed by atoms with Crippen molar-refractivity contribution in [3.05, 3.63) is 28.2 Å². The van der Waals surface area contributed by atoms with E-state index in [1.807, 2.05) is 0 Å². The summed E-state index contributed by atoms with van der Waals surface area (Å²) >= 11 is 2.97. The minimum atomic E-state index is -4.33. The van der Waals surface area contributed by atoms with Gasteiger partial charge < -0.3 is 4.74 Å². The molecule has 1 aromatic rings. The number of carbonyl (C=O) groups excluding carboxylic acids is 1. The van der Waals surface area contributed by atoms with E-state index >= 15 is 0 Å². The lowest BCUT2D eigenvalue weighted by atomic mass is 10.1. The molecule has 0 aliphatic heterocycles. The van der Waals surface area contributed by atoms with Gasteiger partial charge >= 0.3 is 11.5 Å². The van der Waals surface area contributed by atoms with Crippen LogP contribution in [0.1, 0.15) is 18.9 Å². The van der Waals surface area contributed by atoms with Gasteiger partial charge in [0.05, 0.1) is 6.61 Å². The van der Waals surface area contributed by atoms with Gasteiger partial charge in [0.15, 0.2) is 0 Å². The van der Waals surface area contributed by atoms with Crippen LogP contribution in [0.2, 0.25) is 0 Å². The molecule has 0 N–H and O–H groups in total. The summed E-state index contributed by atoms with van der Waals surface area (Å²) in [4.78, 5) is 11.3. The smallest absolute Gasteiger partial charge is 0.446 e. The van der Waals surface area contributed by atoms with Crippen molar-refractivity contribution in [2.45, 2.75) is 30.2 Å². The second kappa shape index (κ2) is 7.19. The van der Waals surface area contributed by atoms with E-state index in [1.54, 1.807) is 19.1 Å². The van der Waals surface area contributed by atoms with Crippen LogP contribution in [0.5, 0.6) is 0 Å². The van der Waals surface area contributed by atoms with Crippen LogP contribution < -0.4 is 0 Å². The Morgan fingerprint density at radius 2 is 2.11 bits per heavy atom. The molecule has 7 heteroatoms. The molecule has 0 aliphatic rings.